The molecule has 19 heavy (non-hydrogen) atoms. The van der Waals surface area contributed by atoms with Crippen LogP contribution in [0.5, 0.6) is 0 Å². The van der Waals surface area contributed by atoms with Crippen LogP contribution in [-0.2, 0) is 23.8 Å². The Balaban J connectivity index is 4.52. The molecule has 0 aromatic rings. The summed E-state index contributed by atoms with van der Waals surface area (Å²) in [6.07, 6.45) is 0. The first kappa shape index (κ1) is 17.6. The van der Waals surface area contributed by atoms with Gasteiger partial charge in [0, 0.05) is 12.7 Å². The summed E-state index contributed by atoms with van der Waals surface area (Å²) < 4.78 is 15.3. The lowest BCUT2D eigenvalue weighted by Gasteiger charge is -2.30. The lowest BCUT2D eigenvalue weighted by molar-refractivity contribution is -0.175. The Labute approximate surface area is 114 Å². The number of methoxy groups -OCH3 is 1. The second kappa shape index (κ2) is 6.70. The Morgan fingerprint density at radius 2 is 1.63 bits per heavy atom. The highest BCUT2D eigenvalue weighted by Gasteiger charge is 2.35. The van der Waals surface area contributed by atoms with Crippen molar-refractivity contribution in [2.75, 3.05) is 20.3 Å². The summed E-state index contributed by atoms with van der Waals surface area (Å²) >= 11 is 0. The van der Waals surface area contributed by atoms with E-state index in [9.17, 15) is 9.59 Å². The highest BCUT2D eigenvalue weighted by atomic mass is 16.6. The first-order valence-electron chi connectivity index (χ1n) is 6.07. The molecule has 0 aliphatic heterocycles. The second-order valence-corrected chi connectivity index (χ2v) is 5.82. The smallest absolute Gasteiger partial charge is 0.333 e. The van der Waals surface area contributed by atoms with Gasteiger partial charge in [-0.2, -0.15) is 0 Å². The van der Waals surface area contributed by atoms with Crippen molar-refractivity contribution in [2.45, 2.75) is 40.2 Å². The van der Waals surface area contributed by atoms with E-state index in [2.05, 4.69) is 6.58 Å². The van der Waals surface area contributed by atoms with Gasteiger partial charge in [-0.25, -0.2) is 4.79 Å². The van der Waals surface area contributed by atoms with E-state index in [1.807, 2.05) is 0 Å². The Morgan fingerprint density at radius 3 is 2.05 bits per heavy atom. The van der Waals surface area contributed by atoms with Gasteiger partial charge in [0.05, 0.1) is 12.0 Å². The number of hydrogen-bond acceptors (Lipinski definition) is 5. The van der Waals surface area contributed by atoms with Gasteiger partial charge in [0.1, 0.15) is 12.2 Å². The van der Waals surface area contributed by atoms with E-state index in [0.717, 1.165) is 0 Å². The molecule has 0 aliphatic carbocycles. The molecule has 0 atom stereocenters. The molecule has 0 amide bonds. The molecular weight excluding hydrogens is 248 g/mol. The standard InChI is InChI=1S/C14H24O5/c1-10(2)11(15)18-8-13(3,4)12(16)19-14(5,6)9-17-7/h1,8-9H2,2-7H3. The Bertz CT molecular complexity index is 355. The zero-order chi connectivity index (χ0) is 15.3. The third-order valence-corrected chi connectivity index (χ3v) is 2.33. The van der Waals surface area contributed by atoms with Crippen LogP contribution in [0.4, 0.5) is 0 Å². The van der Waals surface area contributed by atoms with Crippen LogP contribution in [0.2, 0.25) is 0 Å². The van der Waals surface area contributed by atoms with Crippen LogP contribution < -0.4 is 0 Å². The minimum absolute atomic E-state index is 0.0550. The first-order valence-corrected chi connectivity index (χ1v) is 6.07. The van der Waals surface area contributed by atoms with Gasteiger partial charge in [0.25, 0.3) is 0 Å². The van der Waals surface area contributed by atoms with Gasteiger partial charge in [0.15, 0.2) is 0 Å². The van der Waals surface area contributed by atoms with Crippen molar-refractivity contribution in [1.82, 2.24) is 0 Å². The maximum Gasteiger partial charge on any atom is 0.333 e. The summed E-state index contributed by atoms with van der Waals surface area (Å²) in [5, 5.41) is 0. The summed E-state index contributed by atoms with van der Waals surface area (Å²) in [5.74, 6) is -0.957. The van der Waals surface area contributed by atoms with E-state index in [-0.39, 0.29) is 6.61 Å². The SMILES string of the molecule is C=C(C)C(=O)OCC(C)(C)C(=O)OC(C)(C)COC. The van der Waals surface area contributed by atoms with Crippen molar-refractivity contribution < 1.29 is 23.8 Å². The Morgan fingerprint density at radius 1 is 1.11 bits per heavy atom. The zero-order valence-electron chi connectivity index (χ0n) is 12.7. The molecule has 0 aliphatic rings. The molecule has 0 spiro atoms. The quantitative estimate of drug-likeness (QED) is 0.524. The van der Waals surface area contributed by atoms with E-state index in [1.54, 1.807) is 34.6 Å². The Kier molecular flexibility index (Phi) is 6.22. The molecule has 0 radical (unpaired) electrons. The van der Waals surface area contributed by atoms with Gasteiger partial charge in [-0.1, -0.05) is 6.58 Å². The largest absolute Gasteiger partial charge is 0.461 e. The van der Waals surface area contributed by atoms with E-state index in [4.69, 9.17) is 14.2 Å². The van der Waals surface area contributed by atoms with Crippen LogP contribution in [0, 0.1) is 5.41 Å². The monoisotopic (exact) mass is 272 g/mol. The normalized spacial score (nSPS) is 11.9. The number of carbonyl (C=O) groups excluding carboxylic acids is 2. The first-order chi connectivity index (χ1) is 8.52. The van der Waals surface area contributed by atoms with Gasteiger partial charge in [-0.15, -0.1) is 0 Å². The summed E-state index contributed by atoms with van der Waals surface area (Å²) in [7, 11) is 1.54. The fourth-order valence-corrected chi connectivity index (χ4v) is 1.19. The van der Waals surface area contributed by atoms with E-state index >= 15 is 0 Å². The third-order valence-electron chi connectivity index (χ3n) is 2.33. The maximum atomic E-state index is 12.0. The molecule has 0 rings (SSSR count). The van der Waals surface area contributed by atoms with Crippen LogP contribution >= 0.6 is 0 Å². The number of ether oxygens (including phenoxy) is 3. The average molecular weight is 272 g/mol. The van der Waals surface area contributed by atoms with Crippen LogP contribution in [-0.4, -0.2) is 37.9 Å². The van der Waals surface area contributed by atoms with E-state index < -0.39 is 23.0 Å². The van der Waals surface area contributed by atoms with Crippen LogP contribution in [0.25, 0.3) is 0 Å². The Hall–Kier alpha value is -1.36. The molecule has 0 bridgehead atoms. The van der Waals surface area contributed by atoms with Gasteiger partial charge >= 0.3 is 11.9 Å². The van der Waals surface area contributed by atoms with Gasteiger partial charge < -0.3 is 14.2 Å². The number of rotatable bonds is 7. The molecule has 0 aromatic carbocycles. The molecule has 0 aromatic heterocycles. The zero-order valence-corrected chi connectivity index (χ0v) is 12.7. The topological polar surface area (TPSA) is 61.8 Å². The highest BCUT2D eigenvalue weighted by Crippen LogP contribution is 2.22. The summed E-state index contributed by atoms with van der Waals surface area (Å²) in [6, 6.07) is 0. The van der Waals surface area contributed by atoms with Crippen molar-refractivity contribution in [3.63, 3.8) is 0 Å². The molecule has 0 fully saturated rings. The van der Waals surface area contributed by atoms with Crippen LogP contribution in [0.1, 0.15) is 34.6 Å². The summed E-state index contributed by atoms with van der Waals surface area (Å²) in [6.45, 7) is 12.1. The lowest BCUT2D eigenvalue weighted by Crippen LogP contribution is -2.40. The van der Waals surface area contributed by atoms with Crippen molar-refractivity contribution in [3.8, 4) is 0 Å². The van der Waals surface area contributed by atoms with Gasteiger partial charge in [-0.05, 0) is 34.6 Å². The third kappa shape index (κ3) is 6.38. The van der Waals surface area contributed by atoms with Gasteiger partial charge in [0.2, 0.25) is 0 Å². The van der Waals surface area contributed by atoms with Crippen LogP contribution in [0.3, 0.4) is 0 Å². The molecule has 0 saturated carbocycles. The number of esters is 2. The van der Waals surface area contributed by atoms with Crippen LogP contribution in [0.15, 0.2) is 12.2 Å². The van der Waals surface area contributed by atoms with Crippen molar-refractivity contribution in [3.05, 3.63) is 12.2 Å². The summed E-state index contributed by atoms with van der Waals surface area (Å²) in [5.41, 5.74) is -1.35. The summed E-state index contributed by atoms with van der Waals surface area (Å²) in [4.78, 5) is 23.4. The molecule has 0 heterocycles. The molecule has 0 N–H and O–H groups in total. The van der Waals surface area contributed by atoms with E-state index in [1.165, 1.54) is 7.11 Å². The van der Waals surface area contributed by atoms with Gasteiger partial charge in [-0.3, -0.25) is 4.79 Å². The van der Waals surface area contributed by atoms with Crippen molar-refractivity contribution >= 4 is 11.9 Å². The molecule has 5 nitrogen and oxygen atoms in total. The van der Waals surface area contributed by atoms with Crippen molar-refractivity contribution in [2.24, 2.45) is 5.41 Å². The molecular formula is C14H24O5. The minimum atomic E-state index is -0.921. The fraction of sp³-hybridized carbons (Fsp3) is 0.714. The van der Waals surface area contributed by atoms with Crippen molar-refractivity contribution in [1.29, 1.82) is 0 Å². The molecule has 0 unspecified atom stereocenters. The maximum absolute atomic E-state index is 12.0. The number of carbonyl (C=O) groups is 2. The fourth-order valence-electron chi connectivity index (χ4n) is 1.19. The average Bonchev–Trinajstić information content (AvgIpc) is 2.24. The predicted octanol–water partition coefficient (Wildman–Crippen LogP) is 2.10. The van der Waals surface area contributed by atoms with E-state index in [0.29, 0.717) is 12.2 Å². The minimum Gasteiger partial charge on any atom is -0.461 e. The number of hydrogen-bond donors (Lipinski definition) is 0. The predicted molar refractivity (Wildman–Crippen MR) is 71.6 cm³/mol. The molecule has 5 heteroatoms. The molecule has 110 valence electrons. The molecule has 0 saturated heterocycles. The highest BCUT2D eigenvalue weighted by molar-refractivity contribution is 5.87. The lowest BCUT2D eigenvalue weighted by atomic mass is 9.94. The second-order valence-electron chi connectivity index (χ2n) is 5.82.